The molecular formula is C14H6BrF3. The van der Waals surface area contributed by atoms with E-state index in [-0.39, 0.29) is 5.56 Å². The molecule has 0 spiro atoms. The van der Waals surface area contributed by atoms with Crippen LogP contribution in [0.3, 0.4) is 0 Å². The highest BCUT2D eigenvalue weighted by atomic mass is 79.9. The van der Waals surface area contributed by atoms with Crippen molar-refractivity contribution in [2.24, 2.45) is 0 Å². The first-order valence-electron chi connectivity index (χ1n) is 4.98. The number of hydrogen-bond acceptors (Lipinski definition) is 0. The fourth-order valence-electron chi connectivity index (χ4n) is 1.31. The molecule has 0 radical (unpaired) electrons. The Labute approximate surface area is 111 Å². The van der Waals surface area contributed by atoms with Crippen molar-refractivity contribution in [3.63, 3.8) is 0 Å². The van der Waals surface area contributed by atoms with Crippen LogP contribution in [0.15, 0.2) is 40.9 Å². The maximum absolute atomic E-state index is 12.9. The van der Waals surface area contributed by atoms with Crippen molar-refractivity contribution < 1.29 is 13.2 Å². The van der Waals surface area contributed by atoms with Crippen LogP contribution in [0.2, 0.25) is 0 Å². The minimum Gasteiger partial charge on any atom is -0.204 e. The van der Waals surface area contributed by atoms with Gasteiger partial charge in [0, 0.05) is 15.6 Å². The molecular weight excluding hydrogens is 305 g/mol. The maximum atomic E-state index is 12.9. The normalized spacial score (nSPS) is 9.78. The summed E-state index contributed by atoms with van der Waals surface area (Å²) in [7, 11) is 0. The lowest BCUT2D eigenvalue weighted by Gasteiger charge is -1.96. The third kappa shape index (κ3) is 2.93. The van der Waals surface area contributed by atoms with Gasteiger partial charge in [0.25, 0.3) is 0 Å². The summed E-state index contributed by atoms with van der Waals surface area (Å²) in [6, 6.07) is 8.85. The van der Waals surface area contributed by atoms with Crippen molar-refractivity contribution in [3.05, 3.63) is 69.4 Å². The molecule has 0 amide bonds. The number of halogens is 4. The van der Waals surface area contributed by atoms with Gasteiger partial charge in [-0.15, -0.1) is 0 Å². The Balaban J connectivity index is 2.33. The molecule has 2 aromatic carbocycles. The van der Waals surface area contributed by atoms with Crippen molar-refractivity contribution in [2.75, 3.05) is 0 Å². The van der Waals surface area contributed by atoms with E-state index in [9.17, 15) is 13.2 Å². The van der Waals surface area contributed by atoms with Gasteiger partial charge in [-0.2, -0.15) is 0 Å². The fraction of sp³-hybridized carbons (Fsp3) is 0. The molecule has 0 aliphatic heterocycles. The molecule has 90 valence electrons. The minimum absolute atomic E-state index is 0.0920. The maximum Gasteiger partial charge on any atom is 0.194 e. The first-order valence-corrected chi connectivity index (χ1v) is 5.77. The molecule has 0 unspecified atom stereocenters. The lowest BCUT2D eigenvalue weighted by molar-refractivity contribution is 0.446. The van der Waals surface area contributed by atoms with Crippen LogP contribution in [0.1, 0.15) is 11.1 Å². The summed E-state index contributed by atoms with van der Waals surface area (Å²) in [5, 5.41) is 0. The Morgan fingerprint density at radius 1 is 0.778 bits per heavy atom. The Morgan fingerprint density at radius 3 is 1.83 bits per heavy atom. The van der Waals surface area contributed by atoms with Crippen LogP contribution in [-0.2, 0) is 0 Å². The molecule has 0 saturated carbocycles. The Hall–Kier alpha value is -1.73. The third-order valence-corrected chi connectivity index (χ3v) is 2.71. The van der Waals surface area contributed by atoms with Gasteiger partial charge in [-0.3, -0.25) is 0 Å². The monoisotopic (exact) mass is 310 g/mol. The predicted molar refractivity (Wildman–Crippen MR) is 66.4 cm³/mol. The van der Waals surface area contributed by atoms with E-state index >= 15 is 0 Å². The molecule has 18 heavy (non-hydrogen) atoms. The Morgan fingerprint density at radius 2 is 1.28 bits per heavy atom. The van der Waals surface area contributed by atoms with Gasteiger partial charge in [0.2, 0.25) is 0 Å². The molecule has 0 aliphatic carbocycles. The van der Waals surface area contributed by atoms with Gasteiger partial charge in [0.05, 0.1) is 0 Å². The first kappa shape index (κ1) is 12.7. The molecule has 0 bridgehead atoms. The van der Waals surface area contributed by atoms with Gasteiger partial charge < -0.3 is 0 Å². The average Bonchev–Trinajstić information content (AvgIpc) is 2.35. The zero-order valence-corrected chi connectivity index (χ0v) is 10.6. The number of benzene rings is 2. The van der Waals surface area contributed by atoms with E-state index in [1.54, 1.807) is 24.3 Å². The summed E-state index contributed by atoms with van der Waals surface area (Å²) in [6.45, 7) is 0. The largest absolute Gasteiger partial charge is 0.204 e. The van der Waals surface area contributed by atoms with E-state index in [2.05, 4.69) is 27.8 Å². The second-order valence-corrected chi connectivity index (χ2v) is 4.43. The number of rotatable bonds is 0. The van der Waals surface area contributed by atoms with Crippen LogP contribution in [0.25, 0.3) is 0 Å². The van der Waals surface area contributed by atoms with Crippen molar-refractivity contribution in [1.29, 1.82) is 0 Å². The first-order chi connectivity index (χ1) is 8.56. The highest BCUT2D eigenvalue weighted by molar-refractivity contribution is 9.10. The molecule has 0 aliphatic rings. The fourth-order valence-corrected chi connectivity index (χ4v) is 1.57. The molecule has 4 heteroatoms. The van der Waals surface area contributed by atoms with E-state index in [0.29, 0.717) is 5.56 Å². The van der Waals surface area contributed by atoms with Crippen LogP contribution in [-0.4, -0.2) is 0 Å². The lowest BCUT2D eigenvalue weighted by atomic mass is 10.1. The average molecular weight is 311 g/mol. The Bertz CT molecular complexity index is 613. The molecule has 2 rings (SSSR count). The quantitative estimate of drug-likeness (QED) is 0.503. The van der Waals surface area contributed by atoms with Crippen LogP contribution >= 0.6 is 15.9 Å². The highest BCUT2D eigenvalue weighted by Gasteiger charge is 2.08. The van der Waals surface area contributed by atoms with Crippen LogP contribution < -0.4 is 0 Å². The van der Waals surface area contributed by atoms with E-state index in [1.807, 2.05) is 0 Å². The van der Waals surface area contributed by atoms with E-state index in [1.165, 1.54) is 0 Å². The molecule has 0 aromatic heterocycles. The van der Waals surface area contributed by atoms with Gasteiger partial charge in [0.15, 0.2) is 17.5 Å². The minimum atomic E-state index is -1.48. The van der Waals surface area contributed by atoms with Gasteiger partial charge >= 0.3 is 0 Å². The van der Waals surface area contributed by atoms with Gasteiger partial charge in [-0.05, 0) is 36.4 Å². The second-order valence-electron chi connectivity index (χ2n) is 3.51. The zero-order chi connectivity index (χ0) is 13.1. The third-order valence-electron chi connectivity index (χ3n) is 2.18. The molecule has 0 nitrogen and oxygen atoms in total. The van der Waals surface area contributed by atoms with Crippen LogP contribution in [0, 0.1) is 29.3 Å². The van der Waals surface area contributed by atoms with Crippen molar-refractivity contribution in [1.82, 2.24) is 0 Å². The van der Waals surface area contributed by atoms with Crippen LogP contribution in [0.5, 0.6) is 0 Å². The summed E-state index contributed by atoms with van der Waals surface area (Å²) in [5.74, 6) is 1.35. The molecule has 0 heterocycles. The summed E-state index contributed by atoms with van der Waals surface area (Å²) >= 11 is 3.28. The van der Waals surface area contributed by atoms with Crippen molar-refractivity contribution in [3.8, 4) is 11.8 Å². The topological polar surface area (TPSA) is 0 Å². The van der Waals surface area contributed by atoms with E-state index < -0.39 is 17.5 Å². The molecule has 0 N–H and O–H groups in total. The van der Waals surface area contributed by atoms with Gasteiger partial charge in [0.1, 0.15) is 0 Å². The van der Waals surface area contributed by atoms with Crippen molar-refractivity contribution >= 4 is 15.9 Å². The van der Waals surface area contributed by atoms with Gasteiger partial charge in [-0.25, -0.2) is 13.2 Å². The standard InChI is InChI=1S/C14H6BrF3/c15-11-5-3-9(4-6-11)1-2-10-7-12(16)14(18)13(17)8-10/h3-8H. The molecule has 0 fully saturated rings. The van der Waals surface area contributed by atoms with Crippen molar-refractivity contribution in [2.45, 2.75) is 0 Å². The summed E-state index contributed by atoms with van der Waals surface area (Å²) in [4.78, 5) is 0. The SMILES string of the molecule is Fc1cc(C#Cc2ccc(Br)cc2)cc(F)c1F. The number of hydrogen-bond donors (Lipinski definition) is 0. The highest BCUT2D eigenvalue weighted by Crippen LogP contribution is 2.13. The Kier molecular flexibility index (Phi) is 3.73. The van der Waals surface area contributed by atoms with Gasteiger partial charge in [-0.1, -0.05) is 27.8 Å². The predicted octanol–water partition coefficient (Wildman–Crippen LogP) is 4.27. The molecule has 0 atom stereocenters. The summed E-state index contributed by atoms with van der Waals surface area (Å²) in [5.41, 5.74) is 0.790. The molecule has 2 aromatic rings. The lowest BCUT2D eigenvalue weighted by Crippen LogP contribution is -1.91. The summed E-state index contributed by atoms with van der Waals surface area (Å²) < 4.78 is 39.5. The van der Waals surface area contributed by atoms with Crippen LogP contribution in [0.4, 0.5) is 13.2 Å². The zero-order valence-electron chi connectivity index (χ0n) is 8.98. The second kappa shape index (κ2) is 5.28. The summed E-state index contributed by atoms with van der Waals surface area (Å²) in [6.07, 6.45) is 0. The van der Waals surface area contributed by atoms with E-state index in [4.69, 9.17) is 0 Å². The van der Waals surface area contributed by atoms with E-state index in [0.717, 1.165) is 16.6 Å². The smallest absolute Gasteiger partial charge is 0.194 e. The molecule has 0 saturated heterocycles.